The molecule has 1 fully saturated rings. The van der Waals surface area contributed by atoms with Gasteiger partial charge in [0.1, 0.15) is 0 Å². The van der Waals surface area contributed by atoms with Crippen LogP contribution in [0.25, 0.3) is 11.1 Å². The Hall–Kier alpha value is -1.95. The van der Waals surface area contributed by atoms with Crippen molar-refractivity contribution in [3.63, 3.8) is 0 Å². The van der Waals surface area contributed by atoms with Gasteiger partial charge in [-0.2, -0.15) is 0 Å². The molecule has 0 bridgehead atoms. The van der Waals surface area contributed by atoms with E-state index in [1.165, 1.54) is 0 Å². The van der Waals surface area contributed by atoms with Gasteiger partial charge in [-0.3, -0.25) is 4.79 Å². The van der Waals surface area contributed by atoms with Gasteiger partial charge in [0.05, 0.1) is 16.6 Å². The summed E-state index contributed by atoms with van der Waals surface area (Å²) < 4.78 is 5.54. The Morgan fingerprint density at radius 2 is 2.07 bits per heavy atom. The van der Waals surface area contributed by atoms with Gasteiger partial charge in [0.25, 0.3) is 11.6 Å². The molecule has 148 valence electrons. The van der Waals surface area contributed by atoms with Crippen LogP contribution in [-0.4, -0.2) is 47.6 Å². The van der Waals surface area contributed by atoms with Crippen LogP contribution in [0.15, 0.2) is 10.6 Å². The molecule has 0 spiro atoms. The molecule has 3 rings (SSSR count). The zero-order valence-electron chi connectivity index (χ0n) is 17.4. The van der Waals surface area contributed by atoms with Crippen LogP contribution in [0.4, 0.5) is 0 Å². The topological polar surface area (TPSA) is 71.3 Å². The molecule has 2 aromatic heterocycles. The summed E-state index contributed by atoms with van der Waals surface area (Å²) in [5.41, 5.74) is 2.96. The van der Waals surface area contributed by atoms with E-state index in [1.54, 1.807) is 0 Å². The molecule has 1 unspecified atom stereocenters. The number of nitrogens with zero attached hydrogens (tertiary/aromatic N) is 3. The standard InChI is InChI=1S/C21H32N4O2/c1-13(9-10-25(5)6)22-19(26)15-11-16(14-7-8-14)23-20-18(15)17(24-27-20)12-21(2,3)4/h11,13-14H,7-10,12H2,1-6H3,(H,22,26). The van der Waals surface area contributed by atoms with Crippen molar-refractivity contribution < 1.29 is 9.32 Å². The van der Waals surface area contributed by atoms with Crippen LogP contribution >= 0.6 is 0 Å². The Balaban J connectivity index is 1.93. The molecule has 1 aliphatic carbocycles. The lowest BCUT2D eigenvalue weighted by Gasteiger charge is -2.18. The Bertz CT molecular complexity index is 815. The average molecular weight is 373 g/mol. The Labute approximate surface area is 161 Å². The molecule has 0 radical (unpaired) electrons. The molecule has 1 amide bonds. The molecule has 2 heterocycles. The van der Waals surface area contributed by atoms with E-state index >= 15 is 0 Å². The van der Waals surface area contributed by atoms with Crippen LogP contribution in [0.5, 0.6) is 0 Å². The second-order valence-corrected chi connectivity index (χ2v) is 9.38. The van der Waals surface area contributed by atoms with Crippen LogP contribution in [0.3, 0.4) is 0 Å². The maximum absolute atomic E-state index is 13.1. The lowest BCUT2D eigenvalue weighted by molar-refractivity contribution is 0.0938. The van der Waals surface area contributed by atoms with E-state index in [2.05, 4.69) is 41.1 Å². The van der Waals surface area contributed by atoms with Crippen LogP contribution in [0.1, 0.15) is 74.6 Å². The molecule has 0 aromatic carbocycles. The molecule has 6 heteroatoms. The Morgan fingerprint density at radius 1 is 1.37 bits per heavy atom. The molecule has 0 aliphatic heterocycles. The third kappa shape index (κ3) is 5.06. The molecule has 1 atom stereocenters. The summed E-state index contributed by atoms with van der Waals surface area (Å²) in [5, 5.41) is 8.18. The molecule has 1 N–H and O–H groups in total. The maximum atomic E-state index is 13.1. The number of nitrogens with one attached hydrogen (secondary N) is 1. The number of hydrogen-bond acceptors (Lipinski definition) is 5. The number of pyridine rings is 1. The first kappa shape index (κ1) is 19.8. The van der Waals surface area contributed by atoms with Crippen molar-refractivity contribution in [3.05, 3.63) is 23.0 Å². The molecular weight excluding hydrogens is 340 g/mol. The molecule has 2 aromatic rings. The van der Waals surface area contributed by atoms with Crippen LogP contribution < -0.4 is 5.32 Å². The van der Waals surface area contributed by atoms with Crippen LogP contribution in [0, 0.1) is 5.41 Å². The first-order chi connectivity index (χ1) is 12.6. The lowest BCUT2D eigenvalue weighted by Crippen LogP contribution is -2.35. The van der Waals surface area contributed by atoms with E-state index in [0.717, 1.165) is 49.0 Å². The minimum absolute atomic E-state index is 0.0473. The van der Waals surface area contributed by atoms with Crippen molar-refractivity contribution in [2.24, 2.45) is 5.41 Å². The maximum Gasteiger partial charge on any atom is 0.259 e. The first-order valence-corrected chi connectivity index (χ1v) is 9.89. The third-order valence-corrected chi connectivity index (χ3v) is 4.86. The van der Waals surface area contributed by atoms with Gasteiger partial charge in [-0.05, 0) is 64.7 Å². The SMILES string of the molecule is CC(CCN(C)C)NC(=O)c1cc(C2CC2)nc2onc(CC(C)(C)C)c12. The van der Waals surface area contributed by atoms with Gasteiger partial charge >= 0.3 is 0 Å². The Kier molecular flexibility index (Phi) is 5.56. The van der Waals surface area contributed by atoms with Crippen molar-refractivity contribution in [2.45, 2.75) is 65.3 Å². The zero-order chi connectivity index (χ0) is 19.8. The minimum atomic E-state index is -0.0612. The van der Waals surface area contributed by atoms with Gasteiger partial charge in [0.2, 0.25) is 0 Å². The highest BCUT2D eigenvalue weighted by Gasteiger charge is 2.30. The summed E-state index contributed by atoms with van der Waals surface area (Å²) in [4.78, 5) is 19.9. The number of carbonyl (C=O) groups excluding carboxylic acids is 1. The van der Waals surface area contributed by atoms with Gasteiger partial charge in [-0.1, -0.05) is 25.9 Å². The van der Waals surface area contributed by atoms with Gasteiger partial charge in [-0.15, -0.1) is 0 Å². The van der Waals surface area contributed by atoms with Crippen molar-refractivity contribution >= 4 is 17.0 Å². The molecule has 1 aliphatic rings. The highest BCUT2D eigenvalue weighted by Crippen LogP contribution is 2.41. The van der Waals surface area contributed by atoms with Gasteiger partial charge in [0, 0.05) is 17.7 Å². The van der Waals surface area contributed by atoms with Crippen LogP contribution in [-0.2, 0) is 6.42 Å². The van der Waals surface area contributed by atoms with Crippen molar-refractivity contribution in [1.82, 2.24) is 20.4 Å². The van der Waals surface area contributed by atoms with E-state index in [0.29, 0.717) is 17.2 Å². The quantitative estimate of drug-likeness (QED) is 0.801. The number of rotatable bonds is 7. The minimum Gasteiger partial charge on any atom is -0.350 e. The van der Waals surface area contributed by atoms with Gasteiger partial charge < -0.3 is 14.7 Å². The monoisotopic (exact) mass is 372 g/mol. The van der Waals surface area contributed by atoms with E-state index in [4.69, 9.17) is 4.52 Å². The predicted molar refractivity (Wildman–Crippen MR) is 107 cm³/mol. The zero-order valence-corrected chi connectivity index (χ0v) is 17.4. The van der Waals surface area contributed by atoms with Crippen LogP contribution in [0.2, 0.25) is 0 Å². The first-order valence-electron chi connectivity index (χ1n) is 9.89. The average Bonchev–Trinajstić information content (AvgIpc) is 3.34. The number of fused-ring (bicyclic) bond motifs is 1. The normalized spacial score (nSPS) is 16.1. The summed E-state index contributed by atoms with van der Waals surface area (Å²) in [6.45, 7) is 9.45. The predicted octanol–water partition coefficient (Wildman–Crippen LogP) is 3.76. The molecule has 6 nitrogen and oxygen atoms in total. The lowest BCUT2D eigenvalue weighted by atomic mass is 9.89. The molecule has 27 heavy (non-hydrogen) atoms. The highest BCUT2D eigenvalue weighted by molar-refractivity contribution is 6.06. The number of amides is 1. The fourth-order valence-electron chi connectivity index (χ4n) is 3.25. The summed E-state index contributed by atoms with van der Waals surface area (Å²) in [6.07, 6.45) is 3.89. The Morgan fingerprint density at radius 3 is 2.67 bits per heavy atom. The molecule has 0 saturated heterocycles. The number of hydrogen-bond donors (Lipinski definition) is 1. The summed E-state index contributed by atoms with van der Waals surface area (Å²) in [7, 11) is 4.08. The van der Waals surface area contributed by atoms with E-state index in [-0.39, 0.29) is 17.4 Å². The summed E-state index contributed by atoms with van der Waals surface area (Å²) in [5.74, 6) is 0.386. The second kappa shape index (κ2) is 7.58. The third-order valence-electron chi connectivity index (χ3n) is 4.86. The van der Waals surface area contributed by atoms with Crippen molar-refractivity contribution in [1.29, 1.82) is 0 Å². The number of carbonyl (C=O) groups is 1. The van der Waals surface area contributed by atoms with Crippen molar-refractivity contribution in [2.75, 3.05) is 20.6 Å². The summed E-state index contributed by atoms with van der Waals surface area (Å²) >= 11 is 0. The van der Waals surface area contributed by atoms with E-state index in [1.807, 2.05) is 27.1 Å². The van der Waals surface area contributed by atoms with Gasteiger partial charge in [0.15, 0.2) is 0 Å². The fraction of sp³-hybridized carbons (Fsp3) is 0.667. The smallest absolute Gasteiger partial charge is 0.259 e. The fourth-order valence-corrected chi connectivity index (χ4v) is 3.25. The molecule has 1 saturated carbocycles. The summed E-state index contributed by atoms with van der Waals surface area (Å²) in [6, 6.07) is 2.05. The van der Waals surface area contributed by atoms with E-state index in [9.17, 15) is 4.79 Å². The highest BCUT2D eigenvalue weighted by atomic mass is 16.5. The second-order valence-electron chi connectivity index (χ2n) is 9.38. The van der Waals surface area contributed by atoms with E-state index < -0.39 is 0 Å². The molecular formula is C21H32N4O2. The van der Waals surface area contributed by atoms with Crippen molar-refractivity contribution in [3.8, 4) is 0 Å². The largest absolute Gasteiger partial charge is 0.350 e. The van der Waals surface area contributed by atoms with Gasteiger partial charge in [-0.25, -0.2) is 4.98 Å². The number of aromatic nitrogens is 2.